The Labute approximate surface area is 127 Å². The van der Waals surface area contributed by atoms with Crippen molar-refractivity contribution in [3.8, 4) is 11.9 Å². The zero-order chi connectivity index (χ0) is 16.8. The van der Waals surface area contributed by atoms with Crippen LogP contribution in [0.25, 0.3) is 0 Å². The predicted octanol–water partition coefficient (Wildman–Crippen LogP) is 2.79. The van der Waals surface area contributed by atoms with Crippen molar-refractivity contribution >= 4 is 0 Å². The summed E-state index contributed by atoms with van der Waals surface area (Å²) in [6, 6.07) is 6.49. The highest BCUT2D eigenvalue weighted by atomic mass is 19.4. The monoisotopic (exact) mass is 324 g/mol. The molecular weight excluding hydrogens is 316 g/mol. The Balaban J connectivity index is 2.26. The van der Waals surface area contributed by atoms with Gasteiger partial charge < -0.3 is 10.5 Å². The van der Waals surface area contributed by atoms with Gasteiger partial charge in [0.05, 0.1) is 11.5 Å². The van der Waals surface area contributed by atoms with Gasteiger partial charge in [0.2, 0.25) is 11.8 Å². The lowest BCUT2D eigenvalue weighted by molar-refractivity contribution is -0.141. The molecule has 1 aliphatic rings. The lowest BCUT2D eigenvalue weighted by Gasteiger charge is -2.24. The molecule has 3 N–H and O–H groups in total. The van der Waals surface area contributed by atoms with Crippen LogP contribution in [0.15, 0.2) is 35.7 Å². The number of rotatable bonds is 1. The molecule has 0 unspecified atom stereocenters. The number of aromatic nitrogens is 2. The van der Waals surface area contributed by atoms with E-state index in [9.17, 15) is 22.8 Å². The number of aromatic amines is 1. The Morgan fingerprint density at radius 2 is 1.91 bits per heavy atom. The van der Waals surface area contributed by atoms with Crippen LogP contribution in [0, 0.1) is 17.1 Å². The molecule has 3 rings (SSSR count). The summed E-state index contributed by atoms with van der Waals surface area (Å²) in [5.74, 6) is -2.41. The van der Waals surface area contributed by atoms with E-state index in [0.29, 0.717) is 0 Å². The van der Waals surface area contributed by atoms with Gasteiger partial charge in [-0.05, 0) is 17.7 Å². The van der Waals surface area contributed by atoms with E-state index < -0.39 is 23.6 Å². The summed E-state index contributed by atoms with van der Waals surface area (Å²) in [6.45, 7) is 0. The Hall–Kier alpha value is -3.02. The molecule has 0 amide bonds. The van der Waals surface area contributed by atoms with E-state index in [2.05, 4.69) is 5.10 Å². The maximum atomic E-state index is 13.2. The molecule has 1 aromatic carbocycles. The lowest BCUT2D eigenvalue weighted by Crippen LogP contribution is -2.22. The fraction of sp³-hybridized carbons (Fsp3) is 0.143. The average Bonchev–Trinajstić information content (AvgIpc) is 2.90. The van der Waals surface area contributed by atoms with Gasteiger partial charge in [0.25, 0.3) is 0 Å². The smallest absolute Gasteiger partial charge is 0.420 e. The van der Waals surface area contributed by atoms with Crippen LogP contribution < -0.4 is 10.5 Å². The van der Waals surface area contributed by atoms with E-state index in [1.54, 1.807) is 6.07 Å². The van der Waals surface area contributed by atoms with Crippen molar-refractivity contribution in [2.45, 2.75) is 12.1 Å². The number of benzene rings is 1. The fourth-order valence-corrected chi connectivity index (χ4v) is 2.45. The number of ether oxygens (including phenoxy) is 1. The molecule has 1 aliphatic heterocycles. The first kappa shape index (κ1) is 14.9. The van der Waals surface area contributed by atoms with Crippen LogP contribution in [0.5, 0.6) is 5.88 Å². The zero-order valence-electron chi connectivity index (χ0n) is 11.3. The highest BCUT2D eigenvalue weighted by Crippen LogP contribution is 2.46. The first-order valence-electron chi connectivity index (χ1n) is 6.31. The molecule has 0 aliphatic carbocycles. The summed E-state index contributed by atoms with van der Waals surface area (Å²) in [6.07, 6.45) is -4.73. The van der Waals surface area contributed by atoms with E-state index in [4.69, 9.17) is 10.5 Å². The minimum atomic E-state index is -4.73. The summed E-state index contributed by atoms with van der Waals surface area (Å²) < 4.78 is 57.6. The molecule has 1 atom stereocenters. The van der Waals surface area contributed by atoms with E-state index in [0.717, 1.165) is 12.1 Å². The number of alkyl halides is 3. The van der Waals surface area contributed by atoms with Crippen LogP contribution in [0.3, 0.4) is 0 Å². The number of halogens is 4. The largest absolute Gasteiger partial charge is 0.433 e. The lowest BCUT2D eigenvalue weighted by atomic mass is 9.84. The second-order valence-electron chi connectivity index (χ2n) is 4.79. The molecule has 0 saturated carbocycles. The van der Waals surface area contributed by atoms with Crippen LogP contribution in [-0.4, -0.2) is 10.2 Å². The maximum absolute atomic E-state index is 13.2. The molecule has 0 fully saturated rings. The van der Waals surface area contributed by atoms with Crippen LogP contribution in [-0.2, 0) is 6.18 Å². The molecule has 0 bridgehead atoms. The average molecular weight is 324 g/mol. The summed E-state index contributed by atoms with van der Waals surface area (Å²) in [7, 11) is 0. The number of nitrogens with zero attached hydrogens (tertiary/aromatic N) is 2. The first-order chi connectivity index (χ1) is 10.8. The Morgan fingerprint density at radius 1 is 1.26 bits per heavy atom. The number of fused-ring (bicyclic) bond motifs is 1. The van der Waals surface area contributed by atoms with Crippen molar-refractivity contribution in [2.24, 2.45) is 5.73 Å². The van der Waals surface area contributed by atoms with Crippen molar-refractivity contribution < 1.29 is 22.3 Å². The van der Waals surface area contributed by atoms with Crippen molar-refractivity contribution in [2.75, 3.05) is 0 Å². The summed E-state index contributed by atoms with van der Waals surface area (Å²) in [5.41, 5.74) is 4.18. The van der Waals surface area contributed by atoms with Gasteiger partial charge in [-0.1, -0.05) is 12.1 Å². The Bertz CT molecular complexity index is 830. The third-order valence-electron chi connectivity index (χ3n) is 3.43. The van der Waals surface area contributed by atoms with Crippen LogP contribution in [0.2, 0.25) is 0 Å². The number of nitrogens with two attached hydrogens (primary N) is 1. The van der Waals surface area contributed by atoms with Crippen LogP contribution in [0.1, 0.15) is 22.7 Å². The van der Waals surface area contributed by atoms with E-state index in [-0.39, 0.29) is 28.5 Å². The molecule has 2 heterocycles. The van der Waals surface area contributed by atoms with Gasteiger partial charge in [-0.3, -0.25) is 5.10 Å². The quantitative estimate of drug-likeness (QED) is 0.790. The third kappa shape index (κ3) is 2.38. The van der Waals surface area contributed by atoms with Gasteiger partial charge in [0.15, 0.2) is 0 Å². The van der Waals surface area contributed by atoms with Crippen LogP contribution in [0.4, 0.5) is 17.6 Å². The van der Waals surface area contributed by atoms with E-state index >= 15 is 0 Å². The Morgan fingerprint density at radius 3 is 2.48 bits per heavy atom. The molecule has 1 aromatic heterocycles. The number of hydrogen-bond donors (Lipinski definition) is 2. The molecular formula is C14H8F4N4O. The first-order valence-corrected chi connectivity index (χ1v) is 6.31. The van der Waals surface area contributed by atoms with Gasteiger partial charge in [-0.2, -0.15) is 18.4 Å². The molecule has 5 nitrogen and oxygen atoms in total. The number of allylic oxidation sites excluding steroid dienone is 1. The molecule has 9 heteroatoms. The van der Waals surface area contributed by atoms with Crippen molar-refractivity contribution in [1.82, 2.24) is 10.2 Å². The summed E-state index contributed by atoms with van der Waals surface area (Å²) in [5, 5.41) is 14.6. The van der Waals surface area contributed by atoms with E-state index in [1.165, 1.54) is 12.1 Å². The fourth-order valence-electron chi connectivity index (χ4n) is 2.45. The SMILES string of the molecule is N#CC1=C(N)Oc2n[nH]c(C(F)(F)F)c2[C@@H]1c1ccc(F)cc1. The molecule has 2 aromatic rings. The second kappa shape index (κ2) is 5.01. The Kier molecular flexibility index (Phi) is 3.25. The van der Waals surface area contributed by atoms with Crippen molar-refractivity contribution in [1.29, 1.82) is 5.26 Å². The minimum Gasteiger partial charge on any atom is -0.420 e. The zero-order valence-corrected chi connectivity index (χ0v) is 11.3. The van der Waals surface area contributed by atoms with Gasteiger partial charge in [-0.15, -0.1) is 5.10 Å². The normalized spacial score (nSPS) is 17.4. The topological polar surface area (TPSA) is 87.7 Å². The van der Waals surface area contributed by atoms with Crippen LogP contribution >= 0.6 is 0 Å². The van der Waals surface area contributed by atoms with Gasteiger partial charge >= 0.3 is 6.18 Å². The highest BCUT2D eigenvalue weighted by molar-refractivity contribution is 5.55. The molecule has 118 valence electrons. The summed E-state index contributed by atoms with van der Waals surface area (Å²) >= 11 is 0. The molecule has 0 spiro atoms. The standard InChI is InChI=1S/C14H8F4N4O/c15-7-3-1-6(2-4-7)9-8(5-19)12(20)23-13-10(9)11(21-22-13)14(16,17)18/h1-4,9H,20H2,(H,21,22)/t9-/m1/s1. The second-order valence-corrected chi connectivity index (χ2v) is 4.79. The molecule has 23 heavy (non-hydrogen) atoms. The van der Waals surface area contributed by atoms with Gasteiger partial charge in [0, 0.05) is 0 Å². The van der Waals surface area contributed by atoms with Crippen molar-refractivity contribution in [3.05, 3.63) is 58.4 Å². The number of nitriles is 1. The minimum absolute atomic E-state index is 0.198. The van der Waals surface area contributed by atoms with Gasteiger partial charge in [0.1, 0.15) is 23.2 Å². The molecule has 0 saturated heterocycles. The number of hydrogen-bond acceptors (Lipinski definition) is 4. The number of H-pyrrole nitrogens is 1. The van der Waals surface area contributed by atoms with E-state index in [1.807, 2.05) is 5.10 Å². The summed E-state index contributed by atoms with van der Waals surface area (Å²) in [4.78, 5) is 0. The third-order valence-corrected chi connectivity index (χ3v) is 3.43. The predicted molar refractivity (Wildman–Crippen MR) is 69.3 cm³/mol. The highest BCUT2D eigenvalue weighted by Gasteiger charge is 2.44. The van der Waals surface area contributed by atoms with Crippen molar-refractivity contribution in [3.63, 3.8) is 0 Å². The maximum Gasteiger partial charge on any atom is 0.433 e. The number of nitrogens with one attached hydrogen (secondary N) is 1. The van der Waals surface area contributed by atoms with Gasteiger partial charge in [-0.25, -0.2) is 4.39 Å². The molecule has 0 radical (unpaired) electrons.